The molecular formula is C10H15NO2. The smallest absolute Gasteiger partial charge is 0.415 e. The lowest BCUT2D eigenvalue weighted by Gasteiger charge is -2.42. The van der Waals surface area contributed by atoms with Gasteiger partial charge in [-0.2, -0.15) is 0 Å². The predicted octanol–water partition coefficient (Wildman–Crippen LogP) is 2.29. The summed E-state index contributed by atoms with van der Waals surface area (Å²) in [4.78, 5) is 13.2. The SMILES string of the molecule is C=C1CC2(CCCC2)N(C)C(=O)O1. The van der Waals surface area contributed by atoms with Crippen LogP contribution in [-0.2, 0) is 4.74 Å². The van der Waals surface area contributed by atoms with Crippen LogP contribution in [0.4, 0.5) is 4.79 Å². The molecule has 0 aromatic carbocycles. The highest BCUT2D eigenvalue weighted by Crippen LogP contribution is 2.42. The summed E-state index contributed by atoms with van der Waals surface area (Å²) in [7, 11) is 1.83. The molecule has 2 aliphatic rings. The average Bonchev–Trinajstić information content (AvgIpc) is 2.50. The minimum atomic E-state index is -0.238. The molecule has 0 unspecified atom stereocenters. The molecule has 1 saturated heterocycles. The summed E-state index contributed by atoms with van der Waals surface area (Å²) in [5, 5.41) is 0. The average molecular weight is 181 g/mol. The number of amides is 1. The fourth-order valence-electron chi connectivity index (χ4n) is 2.45. The second kappa shape index (κ2) is 2.76. The minimum Gasteiger partial charge on any atom is -0.415 e. The summed E-state index contributed by atoms with van der Waals surface area (Å²) in [5.41, 5.74) is 0.0341. The lowest BCUT2D eigenvalue weighted by Crippen LogP contribution is -2.51. The molecule has 0 radical (unpaired) electrons. The Morgan fingerprint density at radius 3 is 2.69 bits per heavy atom. The molecule has 3 nitrogen and oxygen atoms in total. The highest BCUT2D eigenvalue weighted by Gasteiger charge is 2.44. The molecule has 1 amide bonds. The number of carbonyl (C=O) groups excluding carboxylic acids is 1. The van der Waals surface area contributed by atoms with Gasteiger partial charge in [0, 0.05) is 13.5 Å². The number of hydrogen-bond donors (Lipinski definition) is 0. The lowest BCUT2D eigenvalue weighted by atomic mass is 9.90. The molecule has 0 aromatic heterocycles. The van der Waals surface area contributed by atoms with Crippen molar-refractivity contribution in [3.05, 3.63) is 12.3 Å². The van der Waals surface area contributed by atoms with Gasteiger partial charge in [0.2, 0.25) is 0 Å². The van der Waals surface area contributed by atoms with Gasteiger partial charge < -0.3 is 9.64 Å². The number of hydrogen-bond acceptors (Lipinski definition) is 2. The van der Waals surface area contributed by atoms with Crippen molar-refractivity contribution >= 4 is 6.09 Å². The zero-order valence-electron chi connectivity index (χ0n) is 8.01. The maximum atomic E-state index is 11.4. The molecule has 1 saturated carbocycles. The molecule has 1 heterocycles. The molecule has 0 bridgehead atoms. The van der Waals surface area contributed by atoms with Gasteiger partial charge in [0.05, 0.1) is 5.54 Å². The van der Waals surface area contributed by atoms with Gasteiger partial charge in [-0.25, -0.2) is 4.79 Å². The number of cyclic esters (lactones) is 1. The van der Waals surface area contributed by atoms with E-state index in [1.165, 1.54) is 12.8 Å². The third-order valence-electron chi connectivity index (χ3n) is 3.28. The van der Waals surface area contributed by atoms with Gasteiger partial charge in [-0.15, -0.1) is 0 Å². The van der Waals surface area contributed by atoms with Crippen LogP contribution in [-0.4, -0.2) is 23.6 Å². The van der Waals surface area contributed by atoms with Crippen LogP contribution in [0, 0.1) is 0 Å². The zero-order valence-corrected chi connectivity index (χ0v) is 8.01. The summed E-state index contributed by atoms with van der Waals surface area (Å²) in [5.74, 6) is 0.630. The van der Waals surface area contributed by atoms with Crippen molar-refractivity contribution in [3.8, 4) is 0 Å². The van der Waals surface area contributed by atoms with Gasteiger partial charge in [-0.05, 0) is 12.8 Å². The van der Waals surface area contributed by atoms with Crippen LogP contribution in [0.1, 0.15) is 32.1 Å². The first kappa shape index (κ1) is 8.60. The van der Waals surface area contributed by atoms with Crippen LogP contribution in [0.25, 0.3) is 0 Å². The third kappa shape index (κ3) is 1.23. The van der Waals surface area contributed by atoms with Gasteiger partial charge in [0.15, 0.2) is 0 Å². The fraction of sp³-hybridized carbons (Fsp3) is 0.700. The summed E-state index contributed by atoms with van der Waals surface area (Å²) in [6.45, 7) is 3.75. The first-order valence-corrected chi connectivity index (χ1v) is 4.77. The topological polar surface area (TPSA) is 29.5 Å². The quantitative estimate of drug-likeness (QED) is 0.573. The molecule has 0 N–H and O–H groups in total. The summed E-state index contributed by atoms with van der Waals surface area (Å²) in [6, 6.07) is 0. The van der Waals surface area contributed by atoms with Crippen molar-refractivity contribution in [2.24, 2.45) is 0 Å². The molecule has 13 heavy (non-hydrogen) atoms. The molecule has 0 aromatic rings. The number of carbonyl (C=O) groups is 1. The molecule has 1 aliphatic carbocycles. The lowest BCUT2D eigenvalue weighted by molar-refractivity contribution is 0.0435. The molecule has 72 valence electrons. The second-order valence-electron chi connectivity index (χ2n) is 4.07. The van der Waals surface area contributed by atoms with Crippen LogP contribution in [0.15, 0.2) is 12.3 Å². The van der Waals surface area contributed by atoms with E-state index >= 15 is 0 Å². The summed E-state index contributed by atoms with van der Waals surface area (Å²) < 4.78 is 4.98. The summed E-state index contributed by atoms with van der Waals surface area (Å²) in [6.07, 6.45) is 5.19. The highest BCUT2D eigenvalue weighted by molar-refractivity contribution is 5.71. The minimum absolute atomic E-state index is 0.0341. The molecule has 3 heteroatoms. The van der Waals surface area contributed by atoms with E-state index in [4.69, 9.17) is 4.74 Å². The molecule has 1 aliphatic heterocycles. The summed E-state index contributed by atoms with van der Waals surface area (Å²) >= 11 is 0. The predicted molar refractivity (Wildman–Crippen MR) is 49.2 cm³/mol. The Balaban J connectivity index is 2.25. The van der Waals surface area contributed by atoms with E-state index in [1.807, 2.05) is 7.05 Å². The van der Waals surface area contributed by atoms with Crippen LogP contribution in [0.2, 0.25) is 0 Å². The molecule has 2 fully saturated rings. The van der Waals surface area contributed by atoms with Crippen LogP contribution in [0.5, 0.6) is 0 Å². The van der Waals surface area contributed by atoms with Crippen molar-refractivity contribution in [1.82, 2.24) is 4.90 Å². The Labute approximate surface area is 78.4 Å². The van der Waals surface area contributed by atoms with Gasteiger partial charge in [-0.3, -0.25) is 0 Å². The van der Waals surface area contributed by atoms with Crippen LogP contribution in [0.3, 0.4) is 0 Å². The molecule has 1 spiro atoms. The Bertz CT molecular complexity index is 254. The Hall–Kier alpha value is -0.990. The van der Waals surface area contributed by atoms with Crippen LogP contribution < -0.4 is 0 Å². The van der Waals surface area contributed by atoms with Crippen molar-refractivity contribution in [2.45, 2.75) is 37.6 Å². The zero-order chi connectivity index (χ0) is 9.47. The van der Waals surface area contributed by atoms with Crippen molar-refractivity contribution in [3.63, 3.8) is 0 Å². The van der Waals surface area contributed by atoms with E-state index in [0.29, 0.717) is 5.76 Å². The maximum Gasteiger partial charge on any atom is 0.415 e. The molecule has 2 rings (SSSR count). The van der Waals surface area contributed by atoms with Crippen molar-refractivity contribution in [1.29, 1.82) is 0 Å². The monoisotopic (exact) mass is 181 g/mol. The largest absolute Gasteiger partial charge is 0.415 e. The number of nitrogens with zero attached hydrogens (tertiary/aromatic N) is 1. The van der Waals surface area contributed by atoms with Gasteiger partial charge in [0.1, 0.15) is 5.76 Å². The van der Waals surface area contributed by atoms with E-state index in [1.54, 1.807) is 4.90 Å². The number of rotatable bonds is 0. The van der Waals surface area contributed by atoms with Crippen molar-refractivity contribution in [2.75, 3.05) is 7.05 Å². The fourth-order valence-corrected chi connectivity index (χ4v) is 2.45. The van der Waals surface area contributed by atoms with E-state index < -0.39 is 0 Å². The molecular weight excluding hydrogens is 166 g/mol. The second-order valence-corrected chi connectivity index (χ2v) is 4.07. The van der Waals surface area contributed by atoms with E-state index in [9.17, 15) is 4.79 Å². The van der Waals surface area contributed by atoms with Gasteiger partial charge in [-0.1, -0.05) is 19.4 Å². The Kier molecular flexibility index (Phi) is 1.82. The normalized spacial score (nSPS) is 26.7. The third-order valence-corrected chi connectivity index (χ3v) is 3.28. The highest BCUT2D eigenvalue weighted by atomic mass is 16.6. The van der Waals surface area contributed by atoms with Gasteiger partial charge in [0.25, 0.3) is 0 Å². The van der Waals surface area contributed by atoms with E-state index in [2.05, 4.69) is 6.58 Å². The first-order chi connectivity index (χ1) is 6.14. The van der Waals surface area contributed by atoms with E-state index in [0.717, 1.165) is 19.3 Å². The Morgan fingerprint density at radius 1 is 1.46 bits per heavy atom. The maximum absolute atomic E-state index is 11.4. The standard InChI is InChI=1S/C10H15NO2/c1-8-7-10(5-3-4-6-10)11(2)9(12)13-8/h1,3-7H2,2H3. The van der Waals surface area contributed by atoms with Gasteiger partial charge >= 0.3 is 6.09 Å². The number of ether oxygens (including phenoxy) is 1. The van der Waals surface area contributed by atoms with Crippen LogP contribution >= 0.6 is 0 Å². The van der Waals surface area contributed by atoms with Crippen molar-refractivity contribution < 1.29 is 9.53 Å². The molecule has 0 atom stereocenters. The Morgan fingerprint density at radius 2 is 2.08 bits per heavy atom. The van der Waals surface area contributed by atoms with E-state index in [-0.39, 0.29) is 11.6 Å². The first-order valence-electron chi connectivity index (χ1n) is 4.77.